The molecule has 0 radical (unpaired) electrons. The fourth-order valence-corrected chi connectivity index (χ4v) is 5.84. The van der Waals surface area contributed by atoms with Gasteiger partial charge in [0.05, 0.1) is 12.6 Å². The van der Waals surface area contributed by atoms with Crippen molar-refractivity contribution in [1.82, 2.24) is 4.90 Å². The van der Waals surface area contributed by atoms with E-state index in [4.69, 9.17) is 9.73 Å². The Kier molecular flexibility index (Phi) is 8.32. The highest BCUT2D eigenvalue weighted by Gasteiger charge is 2.57. The molecule has 5 nitrogen and oxygen atoms in total. The average molecular weight is 566 g/mol. The number of rotatable bonds is 10. The molecule has 1 heterocycles. The van der Waals surface area contributed by atoms with Gasteiger partial charge in [-0.05, 0) is 41.3 Å². The summed E-state index contributed by atoms with van der Waals surface area (Å²) in [5.41, 5.74) is 4.77. The van der Waals surface area contributed by atoms with Crippen molar-refractivity contribution in [2.75, 3.05) is 11.9 Å². The fourth-order valence-electron chi connectivity index (χ4n) is 5.84. The lowest BCUT2D eigenvalue weighted by Crippen LogP contribution is -2.44. The lowest BCUT2D eigenvalue weighted by Gasteiger charge is -2.37. The van der Waals surface area contributed by atoms with Crippen molar-refractivity contribution in [1.29, 1.82) is 0 Å². The predicted molar refractivity (Wildman–Crippen MR) is 173 cm³/mol. The molecule has 5 heteroatoms. The molecule has 1 aliphatic heterocycles. The molecule has 6 rings (SSSR count). The maximum atomic E-state index is 14.3. The van der Waals surface area contributed by atoms with Crippen molar-refractivity contribution >= 4 is 17.5 Å². The standard InChI is InChI=1S/C38H35N3O2/c1-2-43-37(42)38(33-21-13-6-14-22-33)35(31-23-25-34(26-24-31)39-27-29-15-7-3-8-16-29)41(28-30-17-9-4-10-18-30)36(40-38)32-19-11-5-12-20-32/h3-26,35,39H,2,27-28H2,1H3/t35-,38-/m1/s1. The molecule has 1 aliphatic rings. The number of anilines is 1. The van der Waals surface area contributed by atoms with Crippen molar-refractivity contribution in [3.63, 3.8) is 0 Å². The van der Waals surface area contributed by atoms with Crippen LogP contribution in [0.1, 0.15) is 40.8 Å². The first-order valence-corrected chi connectivity index (χ1v) is 14.8. The summed E-state index contributed by atoms with van der Waals surface area (Å²) >= 11 is 0. The SMILES string of the molecule is CCOC(=O)[C@]1(c2ccccc2)N=C(c2ccccc2)N(Cc2ccccc2)[C@@H]1c1ccc(NCc2ccccc2)cc1. The number of benzene rings is 5. The van der Waals surface area contributed by atoms with Crippen molar-refractivity contribution < 1.29 is 9.53 Å². The van der Waals surface area contributed by atoms with Crippen LogP contribution in [0.5, 0.6) is 0 Å². The molecule has 0 saturated heterocycles. The summed E-state index contributed by atoms with van der Waals surface area (Å²) in [7, 11) is 0. The Bertz CT molecular complexity index is 1660. The number of amidine groups is 1. The van der Waals surface area contributed by atoms with Crippen molar-refractivity contribution in [3.05, 3.63) is 173 Å². The number of aliphatic imine (C=N–C) groups is 1. The van der Waals surface area contributed by atoms with Crippen LogP contribution in [0.4, 0.5) is 5.69 Å². The Labute approximate surface area is 253 Å². The van der Waals surface area contributed by atoms with Gasteiger partial charge in [-0.2, -0.15) is 0 Å². The number of esters is 1. The molecule has 0 fully saturated rings. The number of ether oxygens (including phenoxy) is 1. The van der Waals surface area contributed by atoms with Gasteiger partial charge in [-0.15, -0.1) is 0 Å². The van der Waals surface area contributed by atoms with E-state index >= 15 is 0 Å². The first-order valence-electron chi connectivity index (χ1n) is 14.8. The van der Waals surface area contributed by atoms with Crippen LogP contribution in [0.2, 0.25) is 0 Å². The van der Waals surface area contributed by atoms with Crippen molar-refractivity contribution in [2.45, 2.75) is 31.6 Å². The highest BCUT2D eigenvalue weighted by Crippen LogP contribution is 2.50. The minimum absolute atomic E-state index is 0.261. The van der Waals surface area contributed by atoms with Crippen LogP contribution in [0.3, 0.4) is 0 Å². The second-order valence-electron chi connectivity index (χ2n) is 10.6. The highest BCUT2D eigenvalue weighted by atomic mass is 16.5. The second-order valence-corrected chi connectivity index (χ2v) is 10.6. The maximum absolute atomic E-state index is 14.3. The Hall–Kier alpha value is -5.16. The molecule has 0 aromatic heterocycles. The summed E-state index contributed by atoms with van der Waals surface area (Å²) in [5.74, 6) is 0.402. The maximum Gasteiger partial charge on any atom is 0.341 e. The van der Waals surface area contributed by atoms with E-state index in [-0.39, 0.29) is 12.6 Å². The van der Waals surface area contributed by atoms with E-state index in [1.54, 1.807) is 0 Å². The second kappa shape index (κ2) is 12.8. The minimum atomic E-state index is -1.31. The Morgan fingerprint density at radius 3 is 1.91 bits per heavy atom. The molecule has 43 heavy (non-hydrogen) atoms. The van der Waals surface area contributed by atoms with Gasteiger partial charge in [0.15, 0.2) is 0 Å². The lowest BCUT2D eigenvalue weighted by molar-refractivity contribution is -0.151. The molecule has 0 spiro atoms. The molecule has 0 saturated carbocycles. The van der Waals surface area contributed by atoms with E-state index < -0.39 is 11.6 Å². The van der Waals surface area contributed by atoms with E-state index in [1.165, 1.54) is 5.56 Å². The van der Waals surface area contributed by atoms with Crippen molar-refractivity contribution in [3.8, 4) is 0 Å². The minimum Gasteiger partial charge on any atom is -0.464 e. The summed E-state index contributed by atoms with van der Waals surface area (Å²) in [6.07, 6.45) is 0. The zero-order valence-electron chi connectivity index (χ0n) is 24.3. The Morgan fingerprint density at radius 1 is 0.744 bits per heavy atom. The van der Waals surface area contributed by atoms with Gasteiger partial charge >= 0.3 is 5.97 Å². The molecule has 2 atom stereocenters. The molecule has 0 bridgehead atoms. The molecular weight excluding hydrogens is 530 g/mol. The first-order chi connectivity index (χ1) is 21.2. The number of hydrogen-bond donors (Lipinski definition) is 1. The molecular formula is C38H35N3O2. The average Bonchev–Trinajstić information content (AvgIpc) is 3.41. The van der Waals surface area contributed by atoms with Gasteiger partial charge in [0.2, 0.25) is 5.54 Å². The van der Waals surface area contributed by atoms with Crippen LogP contribution in [0, 0.1) is 0 Å². The number of nitrogens with one attached hydrogen (secondary N) is 1. The first kappa shape index (κ1) is 28.0. The van der Waals surface area contributed by atoms with Crippen LogP contribution in [-0.2, 0) is 28.2 Å². The quantitative estimate of drug-likeness (QED) is 0.176. The summed E-state index contributed by atoms with van der Waals surface area (Å²) < 4.78 is 5.84. The predicted octanol–water partition coefficient (Wildman–Crippen LogP) is 7.76. The molecule has 0 aliphatic carbocycles. The van der Waals surface area contributed by atoms with Gasteiger partial charge in [0.1, 0.15) is 5.84 Å². The third kappa shape index (κ3) is 5.80. The molecule has 5 aromatic rings. The third-order valence-electron chi connectivity index (χ3n) is 7.86. The van der Waals surface area contributed by atoms with Crippen LogP contribution in [-0.4, -0.2) is 23.3 Å². The van der Waals surface area contributed by atoms with E-state index in [9.17, 15) is 4.79 Å². The van der Waals surface area contributed by atoms with Crippen molar-refractivity contribution in [2.24, 2.45) is 4.99 Å². The monoisotopic (exact) mass is 565 g/mol. The van der Waals surface area contributed by atoms with E-state index in [0.29, 0.717) is 6.54 Å². The van der Waals surface area contributed by atoms with Gasteiger partial charge in [-0.25, -0.2) is 9.79 Å². The summed E-state index contributed by atoms with van der Waals surface area (Å²) in [4.78, 5) is 21.9. The largest absolute Gasteiger partial charge is 0.464 e. The van der Waals surface area contributed by atoms with E-state index in [2.05, 4.69) is 70.9 Å². The number of carbonyl (C=O) groups is 1. The summed E-state index contributed by atoms with van der Waals surface area (Å²) in [6.45, 7) is 3.40. The zero-order valence-corrected chi connectivity index (χ0v) is 24.3. The molecule has 5 aromatic carbocycles. The molecule has 1 N–H and O–H groups in total. The van der Waals surface area contributed by atoms with Crippen LogP contribution in [0.15, 0.2) is 151 Å². The Morgan fingerprint density at radius 2 is 1.30 bits per heavy atom. The number of hydrogen-bond acceptors (Lipinski definition) is 5. The number of nitrogens with zero attached hydrogens (tertiary/aromatic N) is 2. The van der Waals surface area contributed by atoms with Crippen LogP contribution < -0.4 is 5.32 Å². The van der Waals surface area contributed by atoms with Crippen LogP contribution in [0.25, 0.3) is 0 Å². The fraction of sp³-hybridized carbons (Fsp3) is 0.158. The van der Waals surface area contributed by atoms with E-state index in [1.807, 2.05) is 91.9 Å². The molecule has 0 amide bonds. The third-order valence-corrected chi connectivity index (χ3v) is 7.86. The van der Waals surface area contributed by atoms with Gasteiger partial charge in [0, 0.05) is 24.3 Å². The topological polar surface area (TPSA) is 53.9 Å². The molecule has 214 valence electrons. The highest BCUT2D eigenvalue weighted by molar-refractivity contribution is 6.04. The summed E-state index contributed by atoms with van der Waals surface area (Å²) in [6, 6.07) is 48.6. The molecule has 0 unspecified atom stereocenters. The normalized spacial score (nSPS) is 17.7. The van der Waals surface area contributed by atoms with Gasteiger partial charge in [0.25, 0.3) is 0 Å². The van der Waals surface area contributed by atoms with Gasteiger partial charge < -0.3 is 15.0 Å². The van der Waals surface area contributed by atoms with Gasteiger partial charge in [-0.3, -0.25) is 0 Å². The van der Waals surface area contributed by atoms with E-state index in [0.717, 1.165) is 40.3 Å². The smallest absolute Gasteiger partial charge is 0.341 e. The lowest BCUT2D eigenvalue weighted by atomic mass is 9.79. The number of carbonyl (C=O) groups excluding carboxylic acids is 1. The summed E-state index contributed by atoms with van der Waals surface area (Å²) in [5, 5.41) is 3.53. The zero-order chi connectivity index (χ0) is 29.5. The van der Waals surface area contributed by atoms with Gasteiger partial charge in [-0.1, -0.05) is 133 Å². The van der Waals surface area contributed by atoms with Crippen LogP contribution >= 0.6 is 0 Å². The Balaban J connectivity index is 1.49.